The van der Waals surface area contributed by atoms with Crippen LogP contribution in [-0.2, 0) is 14.5 Å². The van der Waals surface area contributed by atoms with Gasteiger partial charge in [-0.05, 0) is 12.3 Å². The molecule has 1 saturated carbocycles. The smallest absolute Gasteiger partial charge is 0.258 e. The fourth-order valence-corrected chi connectivity index (χ4v) is 1.07. The van der Waals surface area contributed by atoms with Gasteiger partial charge >= 0.3 is 10.3 Å². The summed E-state index contributed by atoms with van der Waals surface area (Å²) >= 11 is 0. The van der Waals surface area contributed by atoms with E-state index in [2.05, 4.69) is 9.32 Å². The van der Waals surface area contributed by atoms with Crippen molar-refractivity contribution in [1.29, 1.82) is 0 Å². The molecule has 0 aromatic carbocycles. The van der Waals surface area contributed by atoms with Gasteiger partial charge in [-0.3, -0.25) is 4.18 Å². The fourth-order valence-electron chi connectivity index (χ4n) is 0.737. The molecule has 1 aliphatic rings. The first-order valence-corrected chi connectivity index (χ1v) is 4.72. The van der Waals surface area contributed by atoms with Gasteiger partial charge < -0.3 is 0 Å². The highest BCUT2D eigenvalue weighted by Gasteiger charge is 2.21. The lowest BCUT2D eigenvalue weighted by Crippen LogP contribution is -2.16. The fraction of sp³-hybridized carbons (Fsp3) is 1.00. The average molecular weight is 165 g/mol. The van der Waals surface area contributed by atoms with Crippen LogP contribution in [0.1, 0.15) is 19.3 Å². The SMILES string of the molecule is NS(=O)(=O)OCCC1CC1. The molecule has 0 radical (unpaired) electrons. The molecule has 2 N–H and O–H groups in total. The molecule has 0 aliphatic heterocycles. The van der Waals surface area contributed by atoms with E-state index in [4.69, 9.17) is 0 Å². The van der Waals surface area contributed by atoms with Crippen LogP contribution >= 0.6 is 0 Å². The average Bonchev–Trinajstić information content (AvgIpc) is 2.45. The summed E-state index contributed by atoms with van der Waals surface area (Å²) in [7, 11) is -3.69. The van der Waals surface area contributed by atoms with E-state index >= 15 is 0 Å². The van der Waals surface area contributed by atoms with Crippen LogP contribution in [0.3, 0.4) is 0 Å². The minimum absolute atomic E-state index is 0.240. The second-order valence-corrected chi connectivity index (χ2v) is 3.77. The molecule has 5 heteroatoms. The lowest BCUT2D eigenvalue weighted by atomic mass is 10.3. The van der Waals surface area contributed by atoms with Crippen molar-refractivity contribution >= 4 is 10.3 Å². The van der Waals surface area contributed by atoms with Crippen LogP contribution in [0, 0.1) is 5.92 Å². The van der Waals surface area contributed by atoms with Crippen LogP contribution in [0.2, 0.25) is 0 Å². The van der Waals surface area contributed by atoms with E-state index in [0.717, 1.165) is 6.42 Å². The summed E-state index contributed by atoms with van der Waals surface area (Å²) in [6, 6.07) is 0. The molecule has 0 saturated heterocycles. The van der Waals surface area contributed by atoms with E-state index in [1.165, 1.54) is 12.8 Å². The molecule has 0 aromatic heterocycles. The number of nitrogens with two attached hydrogens (primary N) is 1. The van der Waals surface area contributed by atoms with Crippen LogP contribution in [0.5, 0.6) is 0 Å². The van der Waals surface area contributed by atoms with Crippen molar-refractivity contribution in [2.45, 2.75) is 19.3 Å². The van der Waals surface area contributed by atoms with E-state index in [1.54, 1.807) is 0 Å². The Kier molecular flexibility index (Phi) is 2.28. The minimum atomic E-state index is -3.69. The molecular formula is C5H11NO3S. The van der Waals surface area contributed by atoms with Crippen molar-refractivity contribution in [2.75, 3.05) is 6.61 Å². The summed E-state index contributed by atoms with van der Waals surface area (Å²) < 4.78 is 24.7. The Bertz CT molecular complexity index is 195. The normalized spacial score (nSPS) is 19.3. The molecule has 0 atom stereocenters. The van der Waals surface area contributed by atoms with Crippen LogP contribution < -0.4 is 5.14 Å². The molecular weight excluding hydrogens is 154 g/mol. The van der Waals surface area contributed by atoms with Gasteiger partial charge in [0.25, 0.3) is 0 Å². The molecule has 1 rings (SSSR count). The van der Waals surface area contributed by atoms with Gasteiger partial charge in [0, 0.05) is 0 Å². The van der Waals surface area contributed by atoms with Gasteiger partial charge in [-0.25, -0.2) is 5.14 Å². The van der Waals surface area contributed by atoms with Crippen molar-refractivity contribution in [3.63, 3.8) is 0 Å². The molecule has 4 nitrogen and oxygen atoms in total. The molecule has 0 spiro atoms. The Morgan fingerprint density at radius 3 is 2.50 bits per heavy atom. The predicted octanol–water partition coefficient (Wildman–Crippen LogP) is 0.00660. The molecule has 0 unspecified atom stereocenters. The first kappa shape index (κ1) is 7.97. The molecule has 0 bridgehead atoms. The molecule has 1 fully saturated rings. The second-order valence-electron chi connectivity index (χ2n) is 2.55. The molecule has 60 valence electrons. The summed E-state index contributed by atoms with van der Waals surface area (Å²) in [6.45, 7) is 0.240. The molecule has 0 heterocycles. The van der Waals surface area contributed by atoms with Gasteiger partial charge in [0.2, 0.25) is 0 Å². The van der Waals surface area contributed by atoms with E-state index in [9.17, 15) is 8.42 Å². The third-order valence-electron chi connectivity index (χ3n) is 1.47. The quantitative estimate of drug-likeness (QED) is 0.637. The first-order chi connectivity index (χ1) is 4.58. The minimum Gasteiger partial charge on any atom is -0.258 e. The van der Waals surface area contributed by atoms with Crippen LogP contribution in [0.15, 0.2) is 0 Å². The second kappa shape index (κ2) is 2.86. The zero-order valence-corrected chi connectivity index (χ0v) is 6.43. The van der Waals surface area contributed by atoms with Gasteiger partial charge in [0.1, 0.15) is 0 Å². The molecule has 1 aliphatic carbocycles. The van der Waals surface area contributed by atoms with Crippen molar-refractivity contribution in [3.05, 3.63) is 0 Å². The highest BCUT2D eigenvalue weighted by molar-refractivity contribution is 7.84. The Labute approximate surface area is 60.6 Å². The molecule has 0 amide bonds. The molecule has 0 aromatic rings. The summed E-state index contributed by atoms with van der Waals surface area (Å²) in [5.41, 5.74) is 0. The van der Waals surface area contributed by atoms with Crippen molar-refractivity contribution < 1.29 is 12.6 Å². The maximum Gasteiger partial charge on any atom is 0.333 e. The van der Waals surface area contributed by atoms with Crippen LogP contribution in [0.25, 0.3) is 0 Å². The van der Waals surface area contributed by atoms with Gasteiger partial charge in [-0.15, -0.1) is 0 Å². The number of hydrogen-bond acceptors (Lipinski definition) is 3. The maximum absolute atomic E-state index is 10.2. The predicted molar refractivity (Wildman–Crippen MR) is 36.4 cm³/mol. The zero-order chi connectivity index (χ0) is 7.61. The third kappa shape index (κ3) is 3.81. The van der Waals surface area contributed by atoms with Crippen molar-refractivity contribution in [3.8, 4) is 0 Å². The van der Waals surface area contributed by atoms with E-state index in [1.807, 2.05) is 0 Å². The lowest BCUT2D eigenvalue weighted by molar-refractivity contribution is 0.305. The summed E-state index contributed by atoms with van der Waals surface area (Å²) in [6.07, 6.45) is 3.22. The number of hydrogen-bond donors (Lipinski definition) is 1. The monoisotopic (exact) mass is 165 g/mol. The van der Waals surface area contributed by atoms with Gasteiger partial charge in [0.15, 0.2) is 0 Å². The Morgan fingerprint density at radius 1 is 1.50 bits per heavy atom. The highest BCUT2D eigenvalue weighted by Crippen LogP contribution is 2.32. The maximum atomic E-state index is 10.2. The van der Waals surface area contributed by atoms with Gasteiger partial charge in [-0.2, -0.15) is 8.42 Å². The number of rotatable bonds is 4. The Balaban J connectivity index is 2.04. The summed E-state index contributed by atoms with van der Waals surface area (Å²) in [5.74, 6) is 0.682. The third-order valence-corrected chi connectivity index (χ3v) is 1.97. The van der Waals surface area contributed by atoms with Crippen LogP contribution in [0.4, 0.5) is 0 Å². The Morgan fingerprint density at radius 2 is 2.10 bits per heavy atom. The molecule has 10 heavy (non-hydrogen) atoms. The lowest BCUT2D eigenvalue weighted by Gasteiger charge is -1.97. The largest absolute Gasteiger partial charge is 0.333 e. The van der Waals surface area contributed by atoms with E-state index in [-0.39, 0.29) is 6.61 Å². The Hall–Kier alpha value is -0.130. The zero-order valence-electron chi connectivity index (χ0n) is 5.62. The standard InChI is InChI=1S/C5H11NO3S/c6-10(7,8)9-4-3-5-1-2-5/h5H,1-4H2,(H2,6,7,8). The van der Waals surface area contributed by atoms with Crippen molar-refractivity contribution in [1.82, 2.24) is 0 Å². The summed E-state index contributed by atoms with van der Waals surface area (Å²) in [4.78, 5) is 0. The van der Waals surface area contributed by atoms with E-state index in [0.29, 0.717) is 5.92 Å². The van der Waals surface area contributed by atoms with Gasteiger partial charge in [-0.1, -0.05) is 12.8 Å². The van der Waals surface area contributed by atoms with Crippen molar-refractivity contribution in [2.24, 2.45) is 11.1 Å². The summed E-state index contributed by atoms with van der Waals surface area (Å²) in [5, 5.41) is 4.59. The van der Waals surface area contributed by atoms with Gasteiger partial charge in [0.05, 0.1) is 6.61 Å². The first-order valence-electron chi connectivity index (χ1n) is 3.25. The van der Waals surface area contributed by atoms with Crippen LogP contribution in [-0.4, -0.2) is 15.0 Å². The van der Waals surface area contributed by atoms with E-state index < -0.39 is 10.3 Å². The highest BCUT2D eigenvalue weighted by atomic mass is 32.2. The topological polar surface area (TPSA) is 69.4 Å².